The number of carbonyl (C=O) groups excluding carboxylic acids is 1. The molecule has 0 unspecified atom stereocenters. The lowest BCUT2D eigenvalue weighted by molar-refractivity contribution is -0.133. The fraction of sp³-hybridized carbons (Fsp3) is 0.350. The Kier molecular flexibility index (Phi) is 5.37. The van der Waals surface area contributed by atoms with Gasteiger partial charge in [0.1, 0.15) is 5.75 Å². The second kappa shape index (κ2) is 7.26. The van der Waals surface area contributed by atoms with E-state index in [9.17, 15) is 4.79 Å². The highest BCUT2D eigenvalue weighted by Crippen LogP contribution is 2.27. The summed E-state index contributed by atoms with van der Waals surface area (Å²) in [5, 5.41) is 0. The molecule has 0 atom stereocenters. The predicted octanol–water partition coefficient (Wildman–Crippen LogP) is 5.08. The van der Waals surface area contributed by atoms with Crippen LogP contribution in [-0.2, 0) is 11.2 Å². The standard InChI is InChI=1S/C20H24O2/c1-14(2)17-11-18(15(3)4)13-19(12-17)22-20(21)10-16-8-6-5-7-9-16/h5-9,11-15H,10H2,1-4H3. The van der Waals surface area contributed by atoms with E-state index in [1.807, 2.05) is 42.5 Å². The van der Waals surface area contributed by atoms with E-state index in [0.717, 1.165) is 5.56 Å². The van der Waals surface area contributed by atoms with Crippen molar-refractivity contribution in [2.45, 2.75) is 46.0 Å². The molecular weight excluding hydrogens is 272 g/mol. The maximum absolute atomic E-state index is 12.1. The van der Waals surface area contributed by atoms with Crippen molar-refractivity contribution >= 4 is 5.97 Å². The van der Waals surface area contributed by atoms with E-state index in [0.29, 0.717) is 24.0 Å². The van der Waals surface area contributed by atoms with Crippen molar-refractivity contribution in [2.75, 3.05) is 0 Å². The van der Waals surface area contributed by atoms with Crippen molar-refractivity contribution in [3.05, 3.63) is 65.2 Å². The molecular formula is C20H24O2. The van der Waals surface area contributed by atoms with Crippen molar-refractivity contribution in [2.24, 2.45) is 0 Å². The summed E-state index contributed by atoms with van der Waals surface area (Å²) in [6, 6.07) is 15.8. The van der Waals surface area contributed by atoms with Crippen LogP contribution in [0, 0.1) is 0 Å². The van der Waals surface area contributed by atoms with Crippen LogP contribution in [0.5, 0.6) is 5.75 Å². The van der Waals surface area contributed by atoms with Crippen LogP contribution in [0.2, 0.25) is 0 Å². The highest BCUT2D eigenvalue weighted by atomic mass is 16.5. The molecule has 0 N–H and O–H groups in total. The van der Waals surface area contributed by atoms with E-state index < -0.39 is 0 Å². The Bertz CT molecular complexity index is 601. The van der Waals surface area contributed by atoms with E-state index in [4.69, 9.17) is 4.74 Å². The fourth-order valence-corrected chi connectivity index (χ4v) is 2.30. The van der Waals surface area contributed by atoms with Crippen molar-refractivity contribution in [1.29, 1.82) is 0 Å². The van der Waals surface area contributed by atoms with Crippen molar-refractivity contribution in [3.63, 3.8) is 0 Å². The molecule has 116 valence electrons. The highest BCUT2D eigenvalue weighted by molar-refractivity contribution is 5.75. The SMILES string of the molecule is CC(C)c1cc(OC(=O)Cc2ccccc2)cc(C(C)C)c1. The number of carbonyl (C=O) groups is 1. The molecule has 2 nitrogen and oxygen atoms in total. The maximum Gasteiger partial charge on any atom is 0.315 e. The first kappa shape index (κ1) is 16.3. The number of hydrogen-bond acceptors (Lipinski definition) is 2. The van der Waals surface area contributed by atoms with E-state index in [-0.39, 0.29) is 5.97 Å². The third-order valence-corrected chi connectivity index (χ3v) is 3.71. The average Bonchev–Trinajstić information content (AvgIpc) is 2.47. The second-order valence-corrected chi connectivity index (χ2v) is 6.28. The van der Waals surface area contributed by atoms with Gasteiger partial charge in [0.15, 0.2) is 0 Å². The van der Waals surface area contributed by atoms with Gasteiger partial charge in [-0.15, -0.1) is 0 Å². The fourth-order valence-electron chi connectivity index (χ4n) is 2.30. The maximum atomic E-state index is 12.1. The number of benzene rings is 2. The molecule has 0 heterocycles. The van der Waals surface area contributed by atoms with Gasteiger partial charge in [-0.2, -0.15) is 0 Å². The van der Waals surface area contributed by atoms with Gasteiger partial charge < -0.3 is 4.74 Å². The molecule has 0 aliphatic carbocycles. The summed E-state index contributed by atoms with van der Waals surface area (Å²) in [4.78, 5) is 12.1. The number of rotatable bonds is 5. The molecule has 0 radical (unpaired) electrons. The van der Waals surface area contributed by atoms with E-state index in [2.05, 4.69) is 33.8 Å². The van der Waals surface area contributed by atoms with E-state index in [1.54, 1.807) is 0 Å². The summed E-state index contributed by atoms with van der Waals surface area (Å²) >= 11 is 0. The Balaban J connectivity index is 2.16. The van der Waals surface area contributed by atoms with Crippen molar-refractivity contribution < 1.29 is 9.53 Å². The minimum atomic E-state index is -0.221. The molecule has 0 aliphatic rings. The van der Waals surface area contributed by atoms with Gasteiger partial charge in [-0.25, -0.2) is 0 Å². The topological polar surface area (TPSA) is 26.3 Å². The molecule has 2 rings (SSSR count). The summed E-state index contributed by atoms with van der Waals surface area (Å²) in [5.74, 6) is 1.24. The summed E-state index contributed by atoms with van der Waals surface area (Å²) in [5.41, 5.74) is 3.37. The second-order valence-electron chi connectivity index (χ2n) is 6.28. The Morgan fingerprint density at radius 3 is 1.95 bits per heavy atom. The lowest BCUT2D eigenvalue weighted by Gasteiger charge is -2.14. The molecule has 0 bridgehead atoms. The number of ether oxygens (including phenoxy) is 1. The summed E-state index contributed by atoms with van der Waals surface area (Å²) in [6.45, 7) is 8.59. The van der Waals surface area contributed by atoms with Gasteiger partial charge in [0.2, 0.25) is 0 Å². The number of hydrogen-bond donors (Lipinski definition) is 0. The van der Waals surface area contributed by atoms with Crippen LogP contribution in [0.25, 0.3) is 0 Å². The Morgan fingerprint density at radius 2 is 1.45 bits per heavy atom. The molecule has 0 amide bonds. The minimum absolute atomic E-state index is 0.221. The molecule has 22 heavy (non-hydrogen) atoms. The summed E-state index contributed by atoms with van der Waals surface area (Å²) in [6.07, 6.45) is 0.295. The zero-order valence-electron chi connectivity index (χ0n) is 13.8. The van der Waals surface area contributed by atoms with Crippen LogP contribution in [0.3, 0.4) is 0 Å². The molecule has 0 aromatic heterocycles. The third-order valence-electron chi connectivity index (χ3n) is 3.71. The lowest BCUT2D eigenvalue weighted by Crippen LogP contribution is -2.11. The Hall–Kier alpha value is -2.09. The van der Waals surface area contributed by atoms with Gasteiger partial charge in [-0.05, 0) is 40.7 Å². The number of esters is 1. The Labute approximate surface area is 133 Å². The normalized spacial score (nSPS) is 11.0. The smallest absolute Gasteiger partial charge is 0.315 e. The van der Waals surface area contributed by atoms with Crippen LogP contribution < -0.4 is 4.74 Å². The van der Waals surface area contributed by atoms with Gasteiger partial charge in [0, 0.05) is 0 Å². The van der Waals surface area contributed by atoms with Crippen LogP contribution >= 0.6 is 0 Å². The molecule has 2 heteroatoms. The Morgan fingerprint density at radius 1 is 0.909 bits per heavy atom. The first-order valence-electron chi connectivity index (χ1n) is 7.85. The molecule has 2 aromatic rings. The molecule has 2 aromatic carbocycles. The zero-order valence-corrected chi connectivity index (χ0v) is 13.8. The molecule has 0 fully saturated rings. The van der Waals surface area contributed by atoms with Crippen LogP contribution in [0.1, 0.15) is 56.2 Å². The van der Waals surface area contributed by atoms with E-state index >= 15 is 0 Å². The van der Waals surface area contributed by atoms with Gasteiger partial charge in [0.25, 0.3) is 0 Å². The quantitative estimate of drug-likeness (QED) is 0.568. The molecule has 0 saturated heterocycles. The van der Waals surface area contributed by atoms with Gasteiger partial charge in [-0.1, -0.05) is 64.1 Å². The van der Waals surface area contributed by atoms with Crippen LogP contribution in [0.15, 0.2) is 48.5 Å². The van der Waals surface area contributed by atoms with Gasteiger partial charge in [0.05, 0.1) is 6.42 Å². The van der Waals surface area contributed by atoms with Crippen molar-refractivity contribution in [1.82, 2.24) is 0 Å². The lowest BCUT2D eigenvalue weighted by atomic mass is 9.95. The average molecular weight is 296 g/mol. The largest absolute Gasteiger partial charge is 0.426 e. The molecule has 0 aliphatic heterocycles. The van der Waals surface area contributed by atoms with Crippen LogP contribution in [-0.4, -0.2) is 5.97 Å². The monoisotopic (exact) mass is 296 g/mol. The van der Waals surface area contributed by atoms with Gasteiger partial charge >= 0.3 is 5.97 Å². The summed E-state index contributed by atoms with van der Waals surface area (Å²) < 4.78 is 5.56. The summed E-state index contributed by atoms with van der Waals surface area (Å²) in [7, 11) is 0. The predicted molar refractivity (Wildman–Crippen MR) is 90.4 cm³/mol. The van der Waals surface area contributed by atoms with E-state index in [1.165, 1.54) is 11.1 Å². The van der Waals surface area contributed by atoms with Gasteiger partial charge in [-0.3, -0.25) is 4.79 Å². The molecule has 0 spiro atoms. The van der Waals surface area contributed by atoms with Crippen LogP contribution in [0.4, 0.5) is 0 Å². The van der Waals surface area contributed by atoms with Crippen molar-refractivity contribution in [3.8, 4) is 5.75 Å². The first-order chi connectivity index (χ1) is 10.5. The minimum Gasteiger partial charge on any atom is -0.426 e. The first-order valence-corrected chi connectivity index (χ1v) is 7.85. The molecule has 0 saturated carbocycles. The zero-order chi connectivity index (χ0) is 16.1. The highest BCUT2D eigenvalue weighted by Gasteiger charge is 2.11. The third kappa shape index (κ3) is 4.45.